The summed E-state index contributed by atoms with van der Waals surface area (Å²) in [6.45, 7) is 23.2. The third-order valence-corrected chi connectivity index (χ3v) is 22.1. The second-order valence-electron chi connectivity index (χ2n) is 19.8. The predicted octanol–water partition coefficient (Wildman–Crippen LogP) is 12.6. The molecule has 0 saturated heterocycles. The Morgan fingerprint density at radius 3 is 1.45 bits per heavy atom. The van der Waals surface area contributed by atoms with Gasteiger partial charge in [-0.2, -0.15) is 0 Å². The van der Waals surface area contributed by atoms with Crippen LogP contribution in [0.1, 0.15) is 52.9 Å². The summed E-state index contributed by atoms with van der Waals surface area (Å²) in [6, 6.07) is 26.2. The second-order valence-corrected chi connectivity index (χ2v) is 30.3. The van der Waals surface area contributed by atoms with Gasteiger partial charge in [-0.1, -0.05) is 81.8 Å². The van der Waals surface area contributed by atoms with E-state index in [0.29, 0.717) is 47.4 Å². The van der Waals surface area contributed by atoms with Gasteiger partial charge < -0.3 is 13.8 Å². The molecule has 0 unspecified atom stereocenters. The summed E-state index contributed by atoms with van der Waals surface area (Å²) >= 11 is 3.38. The summed E-state index contributed by atoms with van der Waals surface area (Å²) in [4.78, 5) is 62.2. The molecule has 0 spiro atoms. The van der Waals surface area contributed by atoms with Gasteiger partial charge in [0.25, 0.3) is 11.1 Å². The molecule has 376 valence electrons. The van der Waals surface area contributed by atoms with Gasteiger partial charge in [-0.25, -0.2) is 29.9 Å². The number of halogens is 1. The van der Waals surface area contributed by atoms with Crippen molar-refractivity contribution in [2.75, 3.05) is 13.2 Å². The summed E-state index contributed by atoms with van der Waals surface area (Å²) in [5.74, 6) is 1.39. The maximum absolute atomic E-state index is 13.5. The van der Waals surface area contributed by atoms with Crippen molar-refractivity contribution in [3.63, 3.8) is 0 Å². The van der Waals surface area contributed by atoms with Crippen molar-refractivity contribution >= 4 is 44.7 Å². The van der Waals surface area contributed by atoms with E-state index in [4.69, 9.17) is 8.85 Å². The maximum atomic E-state index is 13.5. The molecule has 0 atom stereocenters. The standard InChI is InChI=1S/C28H31N5O2Si.C18H25N3O2Si.C10H7BrN2/c1-28(2,3)36(4,5)35-19-6-8-23-20-33(27(34)25(32-23)21-13-17-29-18-14-21)24-11-9-22(10-12-24)26-30-15-7-16-31-26;1-18(2,3)24(4,5)23-12-6-7-15-13-20-17(22)16(21-15)14-8-10-19-11-9-14;11-9-4-2-8(3-5-9)10-12-6-1-7-13-10/h6-18,20H,19H2,1-5H3;6-11,13H,12H2,1-5H3,(H,20,22);1-7H/b8-6+;7-6+;. The molecule has 6 aromatic heterocycles. The number of aromatic amines is 1. The second kappa shape index (κ2) is 25.1. The number of pyridine rings is 2. The first kappa shape index (κ1) is 55.3. The highest BCUT2D eigenvalue weighted by atomic mass is 79.9. The number of aromatic nitrogens is 10. The molecular formula is C56H63BrN10O4Si2. The van der Waals surface area contributed by atoms with E-state index in [9.17, 15) is 9.59 Å². The minimum atomic E-state index is -1.86. The van der Waals surface area contributed by atoms with Crippen LogP contribution in [0, 0.1) is 0 Å². The number of benzene rings is 2. The Bertz CT molecular complexity index is 3180. The Morgan fingerprint density at radius 2 is 0.986 bits per heavy atom. The summed E-state index contributed by atoms with van der Waals surface area (Å²) < 4.78 is 15.0. The highest BCUT2D eigenvalue weighted by molar-refractivity contribution is 9.10. The van der Waals surface area contributed by atoms with Crippen LogP contribution in [-0.4, -0.2) is 79.3 Å². The highest BCUT2D eigenvalue weighted by Gasteiger charge is 2.37. The summed E-state index contributed by atoms with van der Waals surface area (Å²) in [6.07, 6.45) is 24.5. The van der Waals surface area contributed by atoms with Gasteiger partial charge in [0.2, 0.25) is 0 Å². The van der Waals surface area contributed by atoms with E-state index in [2.05, 4.69) is 129 Å². The van der Waals surface area contributed by atoms with Crippen LogP contribution in [0.4, 0.5) is 0 Å². The maximum Gasteiger partial charge on any atom is 0.281 e. The molecule has 0 fully saturated rings. The van der Waals surface area contributed by atoms with E-state index in [-0.39, 0.29) is 21.2 Å². The topological polar surface area (TPSA) is 176 Å². The predicted molar refractivity (Wildman–Crippen MR) is 302 cm³/mol. The average Bonchev–Trinajstić information content (AvgIpc) is 3.38. The lowest BCUT2D eigenvalue weighted by Crippen LogP contribution is -2.40. The molecule has 73 heavy (non-hydrogen) atoms. The van der Waals surface area contributed by atoms with Gasteiger partial charge in [0.05, 0.1) is 24.6 Å². The number of nitrogens with zero attached hydrogens (tertiary/aromatic N) is 9. The lowest BCUT2D eigenvalue weighted by molar-refractivity contribution is 0.328. The number of rotatable bonds is 13. The molecule has 0 aliphatic heterocycles. The highest BCUT2D eigenvalue weighted by Crippen LogP contribution is 2.37. The molecule has 0 aliphatic rings. The third-order valence-electron chi connectivity index (χ3n) is 12.5. The largest absolute Gasteiger partial charge is 0.413 e. The Labute approximate surface area is 438 Å². The van der Waals surface area contributed by atoms with Gasteiger partial charge in [0.15, 0.2) is 28.3 Å². The van der Waals surface area contributed by atoms with Crippen LogP contribution in [0.5, 0.6) is 0 Å². The number of hydrogen-bond donors (Lipinski definition) is 1. The van der Waals surface area contributed by atoms with Crippen molar-refractivity contribution in [1.29, 1.82) is 0 Å². The van der Waals surface area contributed by atoms with Crippen LogP contribution in [-0.2, 0) is 8.85 Å². The zero-order valence-corrected chi connectivity index (χ0v) is 46.7. The minimum absolute atomic E-state index is 0.137. The average molecular weight is 1080 g/mol. The van der Waals surface area contributed by atoms with E-state index in [1.165, 1.54) is 0 Å². The molecule has 0 radical (unpaired) electrons. The van der Waals surface area contributed by atoms with Crippen LogP contribution in [0.3, 0.4) is 0 Å². The minimum Gasteiger partial charge on any atom is -0.413 e. The fourth-order valence-electron chi connectivity index (χ4n) is 6.24. The summed E-state index contributed by atoms with van der Waals surface area (Å²) in [5.41, 5.74) is 5.79. The smallest absolute Gasteiger partial charge is 0.281 e. The van der Waals surface area contributed by atoms with Gasteiger partial charge in [-0.05, 0) is 121 Å². The zero-order chi connectivity index (χ0) is 52.7. The molecule has 1 N–H and O–H groups in total. The lowest BCUT2D eigenvalue weighted by Gasteiger charge is -2.35. The molecule has 0 bridgehead atoms. The third kappa shape index (κ3) is 15.7. The Kier molecular flexibility index (Phi) is 19.0. The van der Waals surface area contributed by atoms with Crippen LogP contribution >= 0.6 is 15.9 Å². The van der Waals surface area contributed by atoms with E-state index in [1.807, 2.05) is 78.9 Å². The van der Waals surface area contributed by atoms with E-state index in [1.54, 1.807) is 96.9 Å². The van der Waals surface area contributed by atoms with Crippen molar-refractivity contribution in [2.45, 2.75) is 77.8 Å². The van der Waals surface area contributed by atoms with Crippen LogP contribution in [0.25, 0.3) is 63.1 Å². The quantitative estimate of drug-likeness (QED) is 0.108. The molecule has 0 saturated carbocycles. The number of H-pyrrole nitrogens is 1. The first-order valence-electron chi connectivity index (χ1n) is 23.8. The SMILES string of the molecule is Brc1ccc(-c2ncccn2)cc1.CC(C)(C)[Si](C)(C)OC/C=C/c1c[nH]c(=O)c(-c2ccncc2)n1.CC(C)(C)[Si](C)(C)OC/C=C/c1cn(-c2ccc(-c3ncccn3)cc2)c(=O)c(-c2ccncc2)n1. The molecule has 0 amide bonds. The van der Waals surface area contributed by atoms with Crippen molar-refractivity contribution in [3.05, 3.63) is 196 Å². The molecule has 14 nitrogen and oxygen atoms in total. The van der Waals surface area contributed by atoms with Gasteiger partial charge >= 0.3 is 0 Å². The first-order valence-corrected chi connectivity index (χ1v) is 30.4. The van der Waals surface area contributed by atoms with Crippen molar-refractivity contribution in [2.24, 2.45) is 0 Å². The van der Waals surface area contributed by atoms with E-state index < -0.39 is 16.6 Å². The normalized spacial score (nSPS) is 12.0. The number of hydrogen-bond acceptors (Lipinski definition) is 12. The Morgan fingerprint density at radius 1 is 0.562 bits per heavy atom. The number of nitrogens with one attached hydrogen (secondary N) is 1. The van der Waals surface area contributed by atoms with E-state index >= 15 is 0 Å². The molecule has 6 heterocycles. The fraction of sp³-hybridized carbons (Fsp3) is 0.250. The Hall–Kier alpha value is -7.03. The molecular weight excluding hydrogens is 1010 g/mol. The van der Waals surface area contributed by atoms with Crippen LogP contribution < -0.4 is 11.1 Å². The van der Waals surface area contributed by atoms with Gasteiger partial charge in [-0.3, -0.25) is 24.1 Å². The summed E-state index contributed by atoms with van der Waals surface area (Å²) in [5, 5.41) is 0.323. The van der Waals surface area contributed by atoms with Crippen molar-refractivity contribution in [3.8, 4) is 51.0 Å². The van der Waals surface area contributed by atoms with Crippen LogP contribution in [0.2, 0.25) is 36.3 Å². The van der Waals surface area contributed by atoms with Gasteiger partial charge in [0, 0.05) is 94.4 Å². The molecule has 17 heteroatoms. The lowest BCUT2D eigenvalue weighted by atomic mass is 10.1. The zero-order valence-electron chi connectivity index (χ0n) is 43.1. The molecule has 2 aromatic carbocycles. The van der Waals surface area contributed by atoms with Crippen molar-refractivity contribution < 1.29 is 8.85 Å². The molecule has 8 rings (SSSR count). The fourth-order valence-corrected chi connectivity index (χ4v) is 8.40. The monoisotopic (exact) mass is 1070 g/mol. The van der Waals surface area contributed by atoms with Gasteiger partial charge in [-0.15, -0.1) is 0 Å². The first-order chi connectivity index (χ1) is 34.7. The molecule has 0 aliphatic carbocycles. The van der Waals surface area contributed by atoms with Crippen molar-refractivity contribution in [1.82, 2.24) is 49.4 Å². The van der Waals surface area contributed by atoms with Gasteiger partial charge in [0.1, 0.15) is 11.4 Å². The Balaban J connectivity index is 0.000000200. The molecule has 8 aromatic rings. The van der Waals surface area contributed by atoms with E-state index in [0.717, 1.165) is 32.7 Å². The summed E-state index contributed by atoms with van der Waals surface area (Å²) in [7, 11) is -3.61. The van der Waals surface area contributed by atoms with Crippen LogP contribution in [0.15, 0.2) is 173 Å².